The lowest BCUT2D eigenvalue weighted by molar-refractivity contribution is -0.129. The van der Waals surface area contributed by atoms with Crippen molar-refractivity contribution in [1.29, 1.82) is 0 Å². The smallest absolute Gasteiger partial charge is 0.243 e. The molecule has 2 N–H and O–H groups in total. The number of furan rings is 1. The fourth-order valence-corrected chi connectivity index (χ4v) is 1.54. The summed E-state index contributed by atoms with van der Waals surface area (Å²) in [5, 5.41) is 8.26. The lowest BCUT2D eigenvalue weighted by atomic mass is 10.1. The molecule has 0 saturated heterocycles. The summed E-state index contributed by atoms with van der Waals surface area (Å²) < 4.78 is 4.99. The molecule has 94 valence electrons. The Morgan fingerprint density at radius 3 is 2.47 bits per heavy atom. The molecule has 0 fully saturated rings. The third-order valence-corrected chi connectivity index (χ3v) is 2.48. The fourth-order valence-electron chi connectivity index (χ4n) is 1.54. The van der Waals surface area contributed by atoms with Crippen LogP contribution in [0.2, 0.25) is 0 Å². The average molecular weight is 239 g/mol. The molecule has 1 heterocycles. The standard InChI is InChI=1S/C12H17NO4/c14-10(11-7-5-9-17-11)6-3-1-2-4-8-12(15)13-16/h5,7,9,16H,1-4,6,8H2,(H,13,15). The molecule has 1 amide bonds. The van der Waals surface area contributed by atoms with Crippen molar-refractivity contribution >= 4 is 11.7 Å². The first-order valence-corrected chi connectivity index (χ1v) is 5.73. The van der Waals surface area contributed by atoms with E-state index < -0.39 is 0 Å². The second kappa shape index (κ2) is 7.62. The Balaban J connectivity index is 2.01. The largest absolute Gasteiger partial charge is 0.461 e. The van der Waals surface area contributed by atoms with Crippen molar-refractivity contribution in [1.82, 2.24) is 5.48 Å². The normalized spacial score (nSPS) is 10.2. The fraction of sp³-hybridized carbons (Fsp3) is 0.500. The van der Waals surface area contributed by atoms with Gasteiger partial charge in [-0.05, 0) is 25.0 Å². The molecule has 0 aromatic carbocycles. The van der Waals surface area contributed by atoms with E-state index in [1.165, 1.54) is 6.26 Å². The van der Waals surface area contributed by atoms with Gasteiger partial charge in [0.25, 0.3) is 0 Å². The maximum Gasteiger partial charge on any atom is 0.243 e. The molecule has 0 bridgehead atoms. The van der Waals surface area contributed by atoms with Gasteiger partial charge in [-0.1, -0.05) is 12.8 Å². The molecule has 0 spiro atoms. The molecule has 1 aromatic rings. The zero-order valence-electron chi connectivity index (χ0n) is 9.65. The molecule has 0 aliphatic heterocycles. The van der Waals surface area contributed by atoms with Gasteiger partial charge in [-0.3, -0.25) is 14.8 Å². The summed E-state index contributed by atoms with van der Waals surface area (Å²) in [5.41, 5.74) is 1.59. The molecule has 0 aliphatic carbocycles. The van der Waals surface area contributed by atoms with Crippen molar-refractivity contribution < 1.29 is 19.2 Å². The Bertz CT molecular complexity index is 345. The van der Waals surface area contributed by atoms with E-state index >= 15 is 0 Å². The van der Waals surface area contributed by atoms with E-state index in [9.17, 15) is 9.59 Å². The summed E-state index contributed by atoms with van der Waals surface area (Å²) in [6.45, 7) is 0. The number of unbranched alkanes of at least 4 members (excludes halogenated alkanes) is 3. The Morgan fingerprint density at radius 1 is 1.18 bits per heavy atom. The quantitative estimate of drug-likeness (QED) is 0.316. The molecule has 1 aromatic heterocycles. The molecule has 0 unspecified atom stereocenters. The number of ketones is 1. The monoisotopic (exact) mass is 239 g/mol. The first kappa shape index (κ1) is 13.4. The molecule has 0 saturated carbocycles. The van der Waals surface area contributed by atoms with Crippen LogP contribution in [0.1, 0.15) is 49.1 Å². The van der Waals surface area contributed by atoms with E-state index in [0.29, 0.717) is 18.6 Å². The van der Waals surface area contributed by atoms with Crippen molar-refractivity contribution in [3.63, 3.8) is 0 Å². The second-order valence-electron chi connectivity index (χ2n) is 3.85. The van der Waals surface area contributed by atoms with E-state index in [1.54, 1.807) is 17.6 Å². The first-order valence-electron chi connectivity index (χ1n) is 5.73. The maximum absolute atomic E-state index is 11.5. The zero-order valence-corrected chi connectivity index (χ0v) is 9.65. The van der Waals surface area contributed by atoms with Crippen molar-refractivity contribution in [2.75, 3.05) is 0 Å². The lowest BCUT2D eigenvalue weighted by Crippen LogP contribution is -2.17. The number of hydroxylamine groups is 1. The number of nitrogens with one attached hydrogen (secondary N) is 1. The van der Waals surface area contributed by atoms with Crippen LogP contribution in [0.5, 0.6) is 0 Å². The lowest BCUT2D eigenvalue weighted by Gasteiger charge is -2.00. The second-order valence-corrected chi connectivity index (χ2v) is 3.85. The van der Waals surface area contributed by atoms with Crippen molar-refractivity contribution in [2.24, 2.45) is 0 Å². The van der Waals surface area contributed by atoms with Gasteiger partial charge in [0.15, 0.2) is 11.5 Å². The molecule has 1 rings (SSSR count). The maximum atomic E-state index is 11.5. The summed E-state index contributed by atoms with van der Waals surface area (Å²) >= 11 is 0. The van der Waals surface area contributed by atoms with Gasteiger partial charge >= 0.3 is 0 Å². The van der Waals surface area contributed by atoms with Gasteiger partial charge in [-0.25, -0.2) is 5.48 Å². The zero-order chi connectivity index (χ0) is 12.5. The molecule has 0 aliphatic rings. The van der Waals surface area contributed by atoms with Crippen LogP contribution in [-0.2, 0) is 4.79 Å². The summed E-state index contributed by atoms with van der Waals surface area (Å²) in [7, 11) is 0. The van der Waals surface area contributed by atoms with E-state index in [0.717, 1.165) is 25.7 Å². The summed E-state index contributed by atoms with van der Waals surface area (Å²) in [6, 6.07) is 3.36. The summed E-state index contributed by atoms with van der Waals surface area (Å²) in [4.78, 5) is 22.2. The highest BCUT2D eigenvalue weighted by Crippen LogP contribution is 2.10. The molecule has 5 nitrogen and oxygen atoms in total. The third kappa shape index (κ3) is 5.31. The molecular weight excluding hydrogens is 222 g/mol. The molecule has 0 radical (unpaired) electrons. The van der Waals surface area contributed by atoms with Crippen LogP contribution in [-0.4, -0.2) is 16.9 Å². The van der Waals surface area contributed by atoms with Crippen molar-refractivity contribution in [2.45, 2.75) is 38.5 Å². The van der Waals surface area contributed by atoms with Gasteiger partial charge in [-0.15, -0.1) is 0 Å². The van der Waals surface area contributed by atoms with E-state index in [2.05, 4.69) is 0 Å². The highest BCUT2D eigenvalue weighted by atomic mass is 16.5. The Labute approximate surface area is 99.8 Å². The topological polar surface area (TPSA) is 79.5 Å². The van der Waals surface area contributed by atoms with Gasteiger partial charge < -0.3 is 4.42 Å². The minimum atomic E-state index is -0.364. The number of hydrogen-bond donors (Lipinski definition) is 2. The Morgan fingerprint density at radius 2 is 1.88 bits per heavy atom. The van der Waals surface area contributed by atoms with E-state index in [1.807, 2.05) is 0 Å². The summed E-state index contributed by atoms with van der Waals surface area (Å²) in [5.74, 6) is 0.0596. The van der Waals surface area contributed by atoms with Crippen LogP contribution >= 0.6 is 0 Å². The average Bonchev–Trinajstić information content (AvgIpc) is 2.86. The minimum Gasteiger partial charge on any atom is -0.461 e. The minimum absolute atomic E-state index is 0.0168. The van der Waals surface area contributed by atoms with Gasteiger partial charge in [0.1, 0.15) is 0 Å². The summed E-state index contributed by atoms with van der Waals surface area (Å²) in [6.07, 6.45) is 5.56. The van der Waals surface area contributed by atoms with Crippen LogP contribution in [0.4, 0.5) is 0 Å². The Hall–Kier alpha value is -1.62. The van der Waals surface area contributed by atoms with Gasteiger partial charge in [0.2, 0.25) is 5.91 Å². The van der Waals surface area contributed by atoms with Gasteiger partial charge in [0.05, 0.1) is 6.26 Å². The van der Waals surface area contributed by atoms with Crippen molar-refractivity contribution in [3.05, 3.63) is 24.2 Å². The van der Waals surface area contributed by atoms with Crippen LogP contribution in [0.3, 0.4) is 0 Å². The number of amides is 1. The van der Waals surface area contributed by atoms with Crippen LogP contribution in [0.15, 0.2) is 22.8 Å². The van der Waals surface area contributed by atoms with Crippen molar-refractivity contribution in [3.8, 4) is 0 Å². The van der Waals surface area contributed by atoms with E-state index in [-0.39, 0.29) is 11.7 Å². The molecule has 17 heavy (non-hydrogen) atoms. The predicted octanol–water partition coefficient (Wildman–Crippen LogP) is 2.31. The number of hydrogen-bond acceptors (Lipinski definition) is 4. The SMILES string of the molecule is O=C(CCCCCCC(=O)c1ccco1)NO. The number of rotatable bonds is 8. The molecular formula is C12H17NO4. The third-order valence-electron chi connectivity index (χ3n) is 2.48. The first-order chi connectivity index (χ1) is 8.24. The number of carbonyl (C=O) groups excluding carboxylic acids is 2. The highest BCUT2D eigenvalue weighted by Gasteiger charge is 2.07. The van der Waals surface area contributed by atoms with Gasteiger partial charge in [-0.2, -0.15) is 0 Å². The van der Waals surface area contributed by atoms with Gasteiger partial charge in [0, 0.05) is 12.8 Å². The number of carbonyl (C=O) groups is 2. The Kier molecular flexibility index (Phi) is 6.03. The molecule has 0 atom stereocenters. The number of Topliss-reactive ketones (excluding diaryl/α,β-unsaturated/α-hetero) is 1. The van der Waals surface area contributed by atoms with Crippen LogP contribution in [0, 0.1) is 0 Å². The molecule has 5 heteroatoms. The van der Waals surface area contributed by atoms with Crippen LogP contribution < -0.4 is 5.48 Å². The van der Waals surface area contributed by atoms with E-state index in [4.69, 9.17) is 9.62 Å². The predicted molar refractivity (Wildman–Crippen MR) is 60.7 cm³/mol. The van der Waals surface area contributed by atoms with Crippen LogP contribution in [0.25, 0.3) is 0 Å². The highest BCUT2D eigenvalue weighted by molar-refractivity contribution is 5.93.